The van der Waals surface area contributed by atoms with E-state index in [1.807, 2.05) is 6.07 Å². The summed E-state index contributed by atoms with van der Waals surface area (Å²) >= 11 is 0. The molecule has 0 radical (unpaired) electrons. The molecule has 154 valence electrons. The van der Waals surface area contributed by atoms with Gasteiger partial charge in [0.25, 0.3) is 0 Å². The third kappa shape index (κ3) is 4.32. The van der Waals surface area contributed by atoms with Gasteiger partial charge in [-0.2, -0.15) is 0 Å². The van der Waals surface area contributed by atoms with Crippen LogP contribution in [0.5, 0.6) is 0 Å². The minimum absolute atomic E-state index is 0.000727. The summed E-state index contributed by atoms with van der Waals surface area (Å²) in [5.74, 6) is 1.74. The lowest BCUT2D eigenvalue weighted by Gasteiger charge is -2.06. The van der Waals surface area contributed by atoms with E-state index in [9.17, 15) is 17.6 Å². The van der Waals surface area contributed by atoms with E-state index in [4.69, 9.17) is 0 Å². The second-order valence-corrected chi connectivity index (χ2v) is 7.31. The van der Waals surface area contributed by atoms with Gasteiger partial charge in [-0.1, -0.05) is 55.5 Å². The van der Waals surface area contributed by atoms with Gasteiger partial charge < -0.3 is 0 Å². The summed E-state index contributed by atoms with van der Waals surface area (Å²) in [6, 6.07) is 17.9. The highest BCUT2D eigenvalue weighted by molar-refractivity contribution is 5.84. The largest absolute Gasteiger partial charge is 0.206 e. The third-order valence-electron chi connectivity index (χ3n) is 5.09. The van der Waals surface area contributed by atoms with Gasteiger partial charge in [0.05, 0.1) is 0 Å². The van der Waals surface area contributed by atoms with E-state index < -0.39 is 17.5 Å². The fourth-order valence-electron chi connectivity index (χ4n) is 3.50. The summed E-state index contributed by atoms with van der Waals surface area (Å²) in [6.07, 6.45) is 1.80. The van der Waals surface area contributed by atoms with Gasteiger partial charge in [-0.15, -0.1) is 0 Å². The second kappa shape index (κ2) is 8.65. The average Bonchev–Trinajstić information content (AvgIpc) is 2.77. The zero-order valence-electron chi connectivity index (χ0n) is 16.8. The summed E-state index contributed by atoms with van der Waals surface area (Å²) < 4.78 is 55.1. The predicted octanol–water partition coefficient (Wildman–Crippen LogP) is 7.42. The molecule has 0 saturated carbocycles. The first-order valence-corrected chi connectivity index (χ1v) is 9.94. The van der Waals surface area contributed by atoms with Gasteiger partial charge in [0, 0.05) is 22.1 Å². The Hall–Kier alpha value is -3.58. The van der Waals surface area contributed by atoms with E-state index >= 15 is 0 Å². The molecule has 4 rings (SSSR count). The normalized spacial score (nSPS) is 10.7. The van der Waals surface area contributed by atoms with Crippen LogP contribution in [-0.4, -0.2) is 0 Å². The Kier molecular flexibility index (Phi) is 5.77. The summed E-state index contributed by atoms with van der Waals surface area (Å²) in [4.78, 5) is 0. The third-order valence-corrected chi connectivity index (χ3v) is 5.09. The van der Waals surface area contributed by atoms with Crippen LogP contribution in [0.2, 0.25) is 0 Å². The van der Waals surface area contributed by atoms with Crippen molar-refractivity contribution in [3.05, 3.63) is 107 Å². The number of rotatable bonds is 3. The molecule has 4 aromatic carbocycles. The van der Waals surface area contributed by atoms with Crippen molar-refractivity contribution >= 4 is 10.8 Å². The van der Waals surface area contributed by atoms with Crippen LogP contribution in [0, 0.1) is 35.1 Å². The zero-order valence-corrected chi connectivity index (χ0v) is 16.8. The summed E-state index contributed by atoms with van der Waals surface area (Å²) in [5.41, 5.74) is 3.52. The van der Waals surface area contributed by atoms with Crippen LogP contribution in [0.15, 0.2) is 66.7 Å². The number of fused-ring (bicyclic) bond motifs is 1. The molecule has 0 unspecified atom stereocenters. The van der Waals surface area contributed by atoms with Crippen molar-refractivity contribution in [3.8, 4) is 23.0 Å². The average molecular weight is 418 g/mol. The van der Waals surface area contributed by atoms with E-state index in [-0.39, 0.29) is 16.6 Å². The molecule has 4 heteroatoms. The molecule has 0 atom stereocenters. The zero-order chi connectivity index (χ0) is 22.0. The number of benzene rings is 4. The standard InChI is InChI=1S/C27H18F4/c1-2-3-18-8-12-22(24(28)15-18)20-10-6-17(7-11-20)4-5-19-9-13-23-21(14-19)16-25(29)27(31)26(23)30/h6-16H,2-3H2,1H3. The lowest BCUT2D eigenvalue weighted by molar-refractivity contribution is 0.453. The first kappa shape index (κ1) is 20.7. The van der Waals surface area contributed by atoms with Gasteiger partial charge in [0.15, 0.2) is 17.5 Å². The minimum Gasteiger partial charge on any atom is -0.206 e. The van der Waals surface area contributed by atoms with E-state index in [1.54, 1.807) is 42.5 Å². The van der Waals surface area contributed by atoms with Gasteiger partial charge in [0.2, 0.25) is 0 Å². The molecule has 0 aromatic heterocycles. The Morgan fingerprint density at radius 2 is 1.39 bits per heavy atom. The van der Waals surface area contributed by atoms with Crippen LogP contribution in [0.25, 0.3) is 21.9 Å². The molecule has 0 heterocycles. The van der Waals surface area contributed by atoms with Crippen LogP contribution >= 0.6 is 0 Å². The molecule has 0 aliphatic heterocycles. The number of halogens is 4. The van der Waals surface area contributed by atoms with Crippen molar-refractivity contribution in [2.24, 2.45) is 0 Å². The molecule has 0 saturated heterocycles. The molecule has 4 aromatic rings. The number of hydrogen-bond acceptors (Lipinski definition) is 0. The maximum Gasteiger partial charge on any atom is 0.195 e. The molecule has 0 aliphatic rings. The van der Waals surface area contributed by atoms with Crippen molar-refractivity contribution < 1.29 is 17.6 Å². The Morgan fingerprint density at radius 1 is 0.677 bits per heavy atom. The summed E-state index contributed by atoms with van der Waals surface area (Å²) in [7, 11) is 0. The van der Waals surface area contributed by atoms with Gasteiger partial charge >= 0.3 is 0 Å². The number of hydrogen-bond donors (Lipinski definition) is 0. The lowest BCUT2D eigenvalue weighted by atomic mass is 10.0. The van der Waals surface area contributed by atoms with E-state index in [0.717, 1.165) is 30.0 Å². The maximum atomic E-state index is 14.4. The molecule has 0 bridgehead atoms. The minimum atomic E-state index is -1.48. The molecule has 0 spiro atoms. The van der Waals surface area contributed by atoms with Crippen LogP contribution in [0.1, 0.15) is 30.0 Å². The van der Waals surface area contributed by atoms with Crippen LogP contribution in [0.4, 0.5) is 17.6 Å². The molecular formula is C27H18F4. The van der Waals surface area contributed by atoms with Crippen molar-refractivity contribution in [3.63, 3.8) is 0 Å². The van der Waals surface area contributed by atoms with Crippen molar-refractivity contribution in [1.29, 1.82) is 0 Å². The van der Waals surface area contributed by atoms with Crippen molar-refractivity contribution in [1.82, 2.24) is 0 Å². The highest BCUT2D eigenvalue weighted by Gasteiger charge is 2.13. The summed E-state index contributed by atoms with van der Waals surface area (Å²) in [6.45, 7) is 2.06. The van der Waals surface area contributed by atoms with Crippen molar-refractivity contribution in [2.45, 2.75) is 19.8 Å². The van der Waals surface area contributed by atoms with Gasteiger partial charge in [0.1, 0.15) is 5.82 Å². The van der Waals surface area contributed by atoms with Crippen LogP contribution in [-0.2, 0) is 6.42 Å². The Balaban J connectivity index is 1.59. The van der Waals surface area contributed by atoms with Gasteiger partial charge in [-0.25, -0.2) is 17.6 Å². The first-order valence-electron chi connectivity index (χ1n) is 9.94. The molecule has 31 heavy (non-hydrogen) atoms. The Morgan fingerprint density at radius 3 is 2.10 bits per heavy atom. The topological polar surface area (TPSA) is 0 Å². The smallest absolute Gasteiger partial charge is 0.195 e. The SMILES string of the molecule is CCCc1ccc(-c2ccc(C#Cc3ccc4c(F)c(F)c(F)cc4c3)cc2)c(F)c1. The molecule has 0 fully saturated rings. The van der Waals surface area contributed by atoms with E-state index in [2.05, 4.69) is 18.8 Å². The second-order valence-electron chi connectivity index (χ2n) is 7.31. The molecule has 0 aliphatic carbocycles. The van der Waals surface area contributed by atoms with Gasteiger partial charge in [-0.3, -0.25) is 0 Å². The predicted molar refractivity (Wildman–Crippen MR) is 116 cm³/mol. The van der Waals surface area contributed by atoms with Gasteiger partial charge in [-0.05, 0) is 59.3 Å². The lowest BCUT2D eigenvalue weighted by Crippen LogP contribution is -1.92. The maximum absolute atomic E-state index is 14.4. The monoisotopic (exact) mass is 418 g/mol. The molecule has 0 N–H and O–H groups in total. The summed E-state index contributed by atoms with van der Waals surface area (Å²) in [5, 5.41) is 0.237. The number of aryl methyl sites for hydroxylation is 1. The highest BCUT2D eigenvalue weighted by Crippen LogP contribution is 2.25. The highest BCUT2D eigenvalue weighted by atomic mass is 19.2. The molecule has 0 nitrogen and oxygen atoms in total. The van der Waals surface area contributed by atoms with Crippen LogP contribution < -0.4 is 0 Å². The van der Waals surface area contributed by atoms with E-state index in [1.165, 1.54) is 12.1 Å². The van der Waals surface area contributed by atoms with E-state index in [0.29, 0.717) is 16.7 Å². The fourth-order valence-corrected chi connectivity index (χ4v) is 3.50. The molecular weight excluding hydrogens is 400 g/mol. The molecule has 0 amide bonds. The van der Waals surface area contributed by atoms with Crippen molar-refractivity contribution in [2.75, 3.05) is 0 Å². The quantitative estimate of drug-likeness (QED) is 0.185. The first-order chi connectivity index (χ1) is 15.0. The Bertz CT molecular complexity index is 1330. The Labute approximate surface area is 178 Å². The van der Waals surface area contributed by atoms with Crippen LogP contribution in [0.3, 0.4) is 0 Å². The fraction of sp³-hybridized carbons (Fsp3) is 0.111.